The Morgan fingerprint density at radius 2 is 1.39 bits per heavy atom. The number of sulfone groups is 1. The molecule has 0 bridgehead atoms. The minimum Gasteiger partial charge on any atom is -0.219 e. The zero-order valence-electron chi connectivity index (χ0n) is 9.45. The molecule has 18 heavy (non-hydrogen) atoms. The molecule has 0 unspecified atom stereocenters. The van der Waals surface area contributed by atoms with Gasteiger partial charge < -0.3 is 0 Å². The molecule has 0 atom stereocenters. The first-order chi connectivity index (χ1) is 8.59. The Morgan fingerprint density at radius 1 is 0.889 bits per heavy atom. The average Bonchev–Trinajstić information content (AvgIpc) is 2.40. The van der Waals surface area contributed by atoms with Crippen LogP contribution >= 0.6 is 15.9 Å². The summed E-state index contributed by atoms with van der Waals surface area (Å²) in [5.74, 6) is 0. The van der Waals surface area contributed by atoms with Gasteiger partial charge in [-0.15, -0.1) is 0 Å². The summed E-state index contributed by atoms with van der Waals surface area (Å²) >= 11 is 3.30. The van der Waals surface area contributed by atoms with E-state index in [9.17, 15) is 8.42 Å². The van der Waals surface area contributed by atoms with Crippen molar-refractivity contribution in [3.63, 3.8) is 0 Å². The van der Waals surface area contributed by atoms with E-state index < -0.39 is 9.84 Å². The Bertz CT molecular complexity index is 647. The number of benzene rings is 2. The van der Waals surface area contributed by atoms with Crippen LogP contribution in [0.2, 0.25) is 0 Å². The molecule has 0 radical (unpaired) electrons. The molecule has 2 aromatic carbocycles. The lowest BCUT2D eigenvalue weighted by Gasteiger charge is -2.01. The SMILES string of the molecule is O=S(=O)(C=C(Br)c1ccccc1)c1ccccc1. The van der Waals surface area contributed by atoms with Crippen LogP contribution in [0.3, 0.4) is 0 Å². The summed E-state index contributed by atoms with van der Waals surface area (Å²) in [7, 11) is -3.42. The molecule has 0 amide bonds. The minimum atomic E-state index is -3.42. The van der Waals surface area contributed by atoms with E-state index in [-0.39, 0.29) is 4.90 Å². The molecule has 0 fully saturated rings. The molecule has 0 aliphatic heterocycles. The second-order valence-electron chi connectivity index (χ2n) is 3.69. The van der Waals surface area contributed by atoms with Crippen LogP contribution in [0.25, 0.3) is 4.48 Å². The van der Waals surface area contributed by atoms with E-state index in [2.05, 4.69) is 15.9 Å². The standard InChI is InChI=1S/C14H11BrO2S/c15-14(12-7-3-1-4-8-12)11-18(16,17)13-9-5-2-6-10-13/h1-11H. The highest BCUT2D eigenvalue weighted by atomic mass is 79.9. The van der Waals surface area contributed by atoms with Crippen molar-refractivity contribution in [2.75, 3.05) is 0 Å². The molecule has 2 rings (SSSR count). The van der Waals surface area contributed by atoms with Gasteiger partial charge in [0, 0.05) is 4.48 Å². The molecule has 4 heteroatoms. The monoisotopic (exact) mass is 322 g/mol. The van der Waals surface area contributed by atoms with Crippen molar-refractivity contribution in [2.45, 2.75) is 4.90 Å². The Hall–Kier alpha value is -1.39. The zero-order chi connectivity index (χ0) is 13.0. The molecule has 0 heterocycles. The molecule has 2 nitrogen and oxygen atoms in total. The Labute approximate surface area is 115 Å². The topological polar surface area (TPSA) is 34.1 Å². The van der Waals surface area contributed by atoms with Gasteiger partial charge in [0.15, 0.2) is 0 Å². The van der Waals surface area contributed by atoms with Crippen LogP contribution in [-0.2, 0) is 9.84 Å². The van der Waals surface area contributed by atoms with Crippen LogP contribution in [0.5, 0.6) is 0 Å². The molecule has 2 aromatic rings. The van der Waals surface area contributed by atoms with Gasteiger partial charge in [0.2, 0.25) is 9.84 Å². The van der Waals surface area contributed by atoms with Gasteiger partial charge in [0.1, 0.15) is 0 Å². The van der Waals surface area contributed by atoms with Crippen molar-refractivity contribution in [3.8, 4) is 0 Å². The first-order valence-corrected chi connectivity index (χ1v) is 7.66. The number of hydrogen-bond donors (Lipinski definition) is 0. The van der Waals surface area contributed by atoms with Gasteiger partial charge in [-0.2, -0.15) is 0 Å². The molecule has 0 N–H and O–H groups in total. The van der Waals surface area contributed by atoms with Gasteiger partial charge in [-0.1, -0.05) is 48.5 Å². The fourth-order valence-electron chi connectivity index (χ4n) is 1.48. The molecule has 0 spiro atoms. The van der Waals surface area contributed by atoms with Crippen LogP contribution < -0.4 is 0 Å². The Kier molecular flexibility index (Phi) is 3.99. The van der Waals surface area contributed by atoms with Crippen LogP contribution in [0, 0.1) is 0 Å². The van der Waals surface area contributed by atoms with E-state index in [1.807, 2.05) is 30.3 Å². The smallest absolute Gasteiger partial charge is 0.200 e. The first kappa shape index (κ1) is 13.1. The molecule has 0 aromatic heterocycles. The summed E-state index contributed by atoms with van der Waals surface area (Å²) in [4.78, 5) is 0.290. The zero-order valence-corrected chi connectivity index (χ0v) is 11.9. The number of halogens is 1. The third kappa shape index (κ3) is 3.09. The van der Waals surface area contributed by atoms with Gasteiger partial charge in [0.05, 0.1) is 10.3 Å². The normalized spacial score (nSPS) is 12.4. The van der Waals surface area contributed by atoms with Crippen molar-refractivity contribution in [1.29, 1.82) is 0 Å². The molecule has 0 saturated carbocycles. The van der Waals surface area contributed by atoms with E-state index in [0.717, 1.165) is 5.56 Å². The first-order valence-electron chi connectivity index (χ1n) is 5.32. The van der Waals surface area contributed by atoms with Gasteiger partial charge >= 0.3 is 0 Å². The largest absolute Gasteiger partial charge is 0.219 e. The lowest BCUT2D eigenvalue weighted by molar-refractivity contribution is 0.605. The van der Waals surface area contributed by atoms with Gasteiger partial charge in [0.25, 0.3) is 0 Å². The van der Waals surface area contributed by atoms with Gasteiger partial charge in [-0.3, -0.25) is 0 Å². The quantitative estimate of drug-likeness (QED) is 0.860. The van der Waals surface area contributed by atoms with Crippen molar-refractivity contribution >= 4 is 30.2 Å². The molecule has 0 aliphatic carbocycles. The van der Waals surface area contributed by atoms with E-state index in [0.29, 0.717) is 4.48 Å². The van der Waals surface area contributed by atoms with E-state index in [4.69, 9.17) is 0 Å². The lowest BCUT2D eigenvalue weighted by Crippen LogP contribution is -1.96. The molecule has 0 saturated heterocycles. The van der Waals surface area contributed by atoms with Crippen LogP contribution in [0.1, 0.15) is 5.56 Å². The average molecular weight is 323 g/mol. The summed E-state index contributed by atoms with van der Waals surface area (Å²) in [5.41, 5.74) is 0.831. The summed E-state index contributed by atoms with van der Waals surface area (Å²) in [6.45, 7) is 0. The van der Waals surface area contributed by atoms with Crippen molar-refractivity contribution < 1.29 is 8.42 Å². The van der Waals surface area contributed by atoms with Gasteiger partial charge in [-0.05, 0) is 33.6 Å². The van der Waals surface area contributed by atoms with Crippen molar-refractivity contribution in [3.05, 3.63) is 71.6 Å². The van der Waals surface area contributed by atoms with Gasteiger partial charge in [-0.25, -0.2) is 8.42 Å². The van der Waals surface area contributed by atoms with E-state index in [1.165, 1.54) is 5.41 Å². The number of rotatable bonds is 3. The molecular formula is C14H11BrO2S. The predicted octanol–water partition coefficient (Wildman–Crippen LogP) is 3.85. The minimum absolute atomic E-state index is 0.290. The summed E-state index contributed by atoms with van der Waals surface area (Å²) in [5, 5.41) is 1.23. The highest BCUT2D eigenvalue weighted by Gasteiger charge is 2.11. The lowest BCUT2D eigenvalue weighted by atomic mass is 10.2. The van der Waals surface area contributed by atoms with E-state index >= 15 is 0 Å². The summed E-state index contributed by atoms with van der Waals surface area (Å²) in [6.07, 6.45) is 0. The van der Waals surface area contributed by atoms with E-state index in [1.54, 1.807) is 30.3 Å². The van der Waals surface area contributed by atoms with Crippen LogP contribution in [-0.4, -0.2) is 8.42 Å². The maximum Gasteiger partial charge on any atom is 0.200 e. The molecule has 92 valence electrons. The third-order valence-electron chi connectivity index (χ3n) is 2.38. The fourth-order valence-corrected chi connectivity index (χ4v) is 3.56. The van der Waals surface area contributed by atoms with Crippen LogP contribution in [0.15, 0.2) is 71.0 Å². The summed E-state index contributed by atoms with van der Waals surface area (Å²) in [6, 6.07) is 17.7. The Morgan fingerprint density at radius 3 is 1.94 bits per heavy atom. The van der Waals surface area contributed by atoms with Crippen molar-refractivity contribution in [1.82, 2.24) is 0 Å². The number of hydrogen-bond acceptors (Lipinski definition) is 2. The van der Waals surface area contributed by atoms with Crippen molar-refractivity contribution in [2.24, 2.45) is 0 Å². The maximum absolute atomic E-state index is 12.1. The maximum atomic E-state index is 12.1. The predicted molar refractivity (Wildman–Crippen MR) is 77.0 cm³/mol. The second-order valence-corrected chi connectivity index (χ2v) is 6.34. The molecule has 0 aliphatic rings. The highest BCUT2D eigenvalue weighted by Crippen LogP contribution is 2.24. The second kappa shape index (κ2) is 5.50. The van der Waals surface area contributed by atoms with Crippen LogP contribution in [0.4, 0.5) is 0 Å². The Balaban J connectivity index is 2.39. The third-order valence-corrected chi connectivity index (χ3v) is 4.84. The summed E-state index contributed by atoms with van der Waals surface area (Å²) < 4.78 is 24.8. The molecular weight excluding hydrogens is 312 g/mol. The highest BCUT2D eigenvalue weighted by molar-refractivity contribution is 9.15. The fraction of sp³-hybridized carbons (Fsp3) is 0.